The van der Waals surface area contributed by atoms with Crippen LogP contribution in [0, 0.1) is 0 Å². The summed E-state index contributed by atoms with van der Waals surface area (Å²) in [5.74, 6) is 0.914. The lowest BCUT2D eigenvalue weighted by molar-refractivity contribution is 0.0308. The van der Waals surface area contributed by atoms with Crippen LogP contribution in [0.4, 0.5) is 0 Å². The summed E-state index contributed by atoms with van der Waals surface area (Å²) >= 11 is 0. The van der Waals surface area contributed by atoms with E-state index in [2.05, 4.69) is 49.3 Å². The molecule has 37 heavy (non-hydrogen) atoms. The number of sulfonamides is 1. The van der Waals surface area contributed by atoms with Crippen LogP contribution in [0.1, 0.15) is 76.8 Å². The fraction of sp³-hybridized carbons (Fsp3) is 0.679. The molecule has 3 aliphatic heterocycles. The molecule has 4 heterocycles. The van der Waals surface area contributed by atoms with Crippen LogP contribution in [0.15, 0.2) is 24.3 Å². The Morgan fingerprint density at radius 3 is 2.19 bits per heavy atom. The van der Waals surface area contributed by atoms with Crippen molar-refractivity contribution < 1.29 is 17.9 Å². The highest BCUT2D eigenvalue weighted by molar-refractivity contribution is 7.89. The summed E-state index contributed by atoms with van der Waals surface area (Å²) in [4.78, 5) is 18.1. The van der Waals surface area contributed by atoms with Gasteiger partial charge in [0, 0.05) is 61.2 Å². The summed E-state index contributed by atoms with van der Waals surface area (Å²) in [6.45, 7) is 11.9. The van der Waals surface area contributed by atoms with Crippen molar-refractivity contribution >= 4 is 26.8 Å². The maximum absolute atomic E-state index is 13.6. The molecule has 0 unspecified atom stereocenters. The molecule has 0 saturated carbocycles. The predicted octanol–water partition coefficient (Wildman–Crippen LogP) is 4.11. The summed E-state index contributed by atoms with van der Waals surface area (Å²) in [7, 11) is -3.23. The van der Waals surface area contributed by atoms with Crippen LogP contribution in [0.3, 0.4) is 0 Å². The zero-order chi connectivity index (χ0) is 26.5. The molecule has 0 spiro atoms. The summed E-state index contributed by atoms with van der Waals surface area (Å²) in [5.41, 5.74) is 1.67. The van der Waals surface area contributed by atoms with Crippen molar-refractivity contribution in [2.24, 2.45) is 0 Å². The van der Waals surface area contributed by atoms with Crippen LogP contribution < -0.4 is 4.74 Å². The number of aromatic nitrogens is 1. The number of carbonyl (C=O) groups is 1. The van der Waals surface area contributed by atoms with Gasteiger partial charge in [0.25, 0.3) is 5.91 Å². The normalized spacial score (nSPS) is 25.5. The van der Waals surface area contributed by atoms with E-state index in [4.69, 9.17) is 4.74 Å². The molecule has 204 valence electrons. The van der Waals surface area contributed by atoms with Crippen LogP contribution in [0.2, 0.25) is 0 Å². The van der Waals surface area contributed by atoms with E-state index in [1.165, 1.54) is 17.1 Å². The Kier molecular flexibility index (Phi) is 7.33. The maximum Gasteiger partial charge on any atom is 0.270 e. The molecule has 3 aliphatic rings. The Balaban J connectivity index is 1.33. The quantitative estimate of drug-likeness (QED) is 0.539. The van der Waals surface area contributed by atoms with Gasteiger partial charge < -0.3 is 14.2 Å². The largest absolute Gasteiger partial charge is 0.490 e. The van der Waals surface area contributed by atoms with Gasteiger partial charge in [-0.1, -0.05) is 0 Å². The standard InChI is InChI=1S/C28H42N4O4S/c1-6-37(34,35)30-13-11-29(12-14-30)28(33)27-16-21-15-24(9-10-26(21)32(27)20(4)5)36-25-17-22-7-8-23(18-25)31(22)19(2)3/h9-10,15-16,19-20,22-23,25H,6-8,11-14,17-18H2,1-5H3/t22-,23+,25-. The van der Waals surface area contributed by atoms with E-state index in [0.717, 1.165) is 29.5 Å². The van der Waals surface area contributed by atoms with Crippen LogP contribution >= 0.6 is 0 Å². The second-order valence-corrected chi connectivity index (χ2v) is 13.7. The number of amides is 1. The van der Waals surface area contributed by atoms with Gasteiger partial charge in [-0.2, -0.15) is 4.31 Å². The van der Waals surface area contributed by atoms with Crippen molar-refractivity contribution in [2.75, 3.05) is 31.9 Å². The number of carbonyl (C=O) groups excluding carboxylic acids is 1. The van der Waals surface area contributed by atoms with Crippen molar-refractivity contribution in [1.29, 1.82) is 0 Å². The first-order chi connectivity index (χ1) is 17.6. The molecule has 2 bridgehead atoms. The van der Waals surface area contributed by atoms with Crippen LogP contribution in [0.5, 0.6) is 5.75 Å². The summed E-state index contributed by atoms with van der Waals surface area (Å²) in [6.07, 6.45) is 4.91. The van der Waals surface area contributed by atoms with E-state index in [1.807, 2.05) is 12.1 Å². The molecule has 5 rings (SSSR count). The van der Waals surface area contributed by atoms with Gasteiger partial charge in [0.05, 0.1) is 5.75 Å². The Labute approximate surface area is 221 Å². The number of piperidine rings is 1. The fourth-order valence-electron chi connectivity index (χ4n) is 6.82. The molecule has 9 heteroatoms. The summed E-state index contributed by atoms with van der Waals surface area (Å²) in [5, 5.41) is 1.00. The molecule has 2 aromatic rings. The Morgan fingerprint density at radius 1 is 0.973 bits per heavy atom. The minimum absolute atomic E-state index is 0.0430. The van der Waals surface area contributed by atoms with Crippen molar-refractivity contribution in [3.63, 3.8) is 0 Å². The lowest BCUT2D eigenvalue weighted by Crippen LogP contribution is -2.51. The third-order valence-electron chi connectivity index (χ3n) is 8.48. The van der Waals surface area contributed by atoms with Gasteiger partial charge in [-0.25, -0.2) is 8.42 Å². The maximum atomic E-state index is 13.6. The van der Waals surface area contributed by atoms with Gasteiger partial charge in [-0.05, 0) is 84.6 Å². The van der Waals surface area contributed by atoms with Crippen LogP contribution in [-0.4, -0.2) is 89.2 Å². The minimum atomic E-state index is -3.23. The lowest BCUT2D eigenvalue weighted by Gasteiger charge is -2.41. The van der Waals surface area contributed by atoms with Gasteiger partial charge in [0.2, 0.25) is 10.0 Å². The smallest absolute Gasteiger partial charge is 0.270 e. The highest BCUT2D eigenvalue weighted by Gasteiger charge is 2.42. The molecule has 0 radical (unpaired) electrons. The van der Waals surface area contributed by atoms with E-state index < -0.39 is 10.0 Å². The van der Waals surface area contributed by atoms with Crippen molar-refractivity contribution in [3.05, 3.63) is 30.0 Å². The first kappa shape index (κ1) is 26.5. The number of piperazine rings is 1. The fourth-order valence-corrected chi connectivity index (χ4v) is 7.90. The van der Waals surface area contributed by atoms with Crippen molar-refractivity contribution in [1.82, 2.24) is 18.7 Å². The second-order valence-electron chi connectivity index (χ2n) is 11.4. The third kappa shape index (κ3) is 5.02. The Hall–Kier alpha value is -2.10. The summed E-state index contributed by atoms with van der Waals surface area (Å²) < 4.78 is 34.6. The highest BCUT2D eigenvalue weighted by Crippen LogP contribution is 2.39. The molecule has 3 fully saturated rings. The monoisotopic (exact) mass is 530 g/mol. The van der Waals surface area contributed by atoms with Gasteiger partial charge in [-0.15, -0.1) is 0 Å². The van der Waals surface area contributed by atoms with Gasteiger partial charge in [0.1, 0.15) is 17.5 Å². The number of rotatable bonds is 7. The molecular weight excluding hydrogens is 488 g/mol. The Bertz CT molecular complexity index is 1230. The van der Waals surface area contributed by atoms with E-state index in [1.54, 1.807) is 11.8 Å². The molecule has 1 amide bonds. The first-order valence-corrected chi connectivity index (χ1v) is 15.6. The second kappa shape index (κ2) is 10.2. The van der Waals surface area contributed by atoms with E-state index >= 15 is 0 Å². The highest BCUT2D eigenvalue weighted by atomic mass is 32.2. The molecular formula is C28H42N4O4S. The Morgan fingerprint density at radius 2 is 1.62 bits per heavy atom. The van der Waals surface area contributed by atoms with E-state index in [0.29, 0.717) is 50.0 Å². The molecule has 0 aliphatic carbocycles. The number of hydrogen-bond acceptors (Lipinski definition) is 5. The number of nitrogens with zero attached hydrogens (tertiary/aromatic N) is 4. The van der Waals surface area contributed by atoms with E-state index in [-0.39, 0.29) is 23.8 Å². The topological polar surface area (TPSA) is 75.1 Å². The zero-order valence-electron chi connectivity index (χ0n) is 22.9. The molecule has 3 saturated heterocycles. The number of ether oxygens (including phenoxy) is 1. The summed E-state index contributed by atoms with van der Waals surface area (Å²) in [6, 6.07) is 10.1. The minimum Gasteiger partial charge on any atom is -0.490 e. The zero-order valence-corrected chi connectivity index (χ0v) is 23.7. The SMILES string of the molecule is CCS(=O)(=O)N1CCN(C(=O)c2cc3cc(O[C@@H]4C[C@H]5CC[C@@H](C4)N5C(C)C)ccc3n2C(C)C)CC1. The van der Waals surface area contributed by atoms with Crippen LogP contribution in [0.25, 0.3) is 10.9 Å². The van der Waals surface area contributed by atoms with Gasteiger partial charge >= 0.3 is 0 Å². The number of fused-ring (bicyclic) bond motifs is 3. The average molecular weight is 531 g/mol. The van der Waals surface area contributed by atoms with Gasteiger partial charge in [-0.3, -0.25) is 9.69 Å². The van der Waals surface area contributed by atoms with Crippen LogP contribution in [-0.2, 0) is 10.0 Å². The first-order valence-electron chi connectivity index (χ1n) is 13.9. The molecule has 8 nitrogen and oxygen atoms in total. The van der Waals surface area contributed by atoms with Gasteiger partial charge in [0.15, 0.2) is 0 Å². The number of benzene rings is 1. The predicted molar refractivity (Wildman–Crippen MR) is 147 cm³/mol. The number of hydrogen-bond donors (Lipinski definition) is 0. The molecule has 1 aromatic carbocycles. The van der Waals surface area contributed by atoms with Crippen molar-refractivity contribution in [3.8, 4) is 5.75 Å². The molecule has 0 N–H and O–H groups in total. The lowest BCUT2D eigenvalue weighted by atomic mass is 9.98. The van der Waals surface area contributed by atoms with Crippen molar-refractivity contribution in [2.45, 2.75) is 90.6 Å². The molecule has 1 aromatic heterocycles. The average Bonchev–Trinajstić information content (AvgIpc) is 3.38. The van der Waals surface area contributed by atoms with E-state index in [9.17, 15) is 13.2 Å². The third-order valence-corrected chi connectivity index (χ3v) is 10.4. The molecule has 3 atom stereocenters.